The lowest BCUT2D eigenvalue weighted by molar-refractivity contribution is -0.125. The largest absolute Gasteiger partial charge is 0.377 e. The van der Waals surface area contributed by atoms with Gasteiger partial charge in [-0.05, 0) is 50.3 Å². The van der Waals surface area contributed by atoms with E-state index in [1.807, 2.05) is 18.2 Å². The Balaban J connectivity index is 1.40. The number of hydrogen-bond donors (Lipinski definition) is 3. The van der Waals surface area contributed by atoms with Crippen molar-refractivity contribution in [2.45, 2.75) is 57.6 Å². The zero-order chi connectivity index (χ0) is 20.3. The van der Waals surface area contributed by atoms with Crippen molar-refractivity contribution >= 4 is 11.9 Å². The second-order valence-electron chi connectivity index (χ2n) is 8.60. The van der Waals surface area contributed by atoms with Crippen LogP contribution in [0, 0.1) is 11.3 Å². The summed E-state index contributed by atoms with van der Waals surface area (Å²) in [5, 5.41) is 9.88. The van der Waals surface area contributed by atoms with Crippen LogP contribution in [0.15, 0.2) is 29.3 Å². The van der Waals surface area contributed by atoms with Gasteiger partial charge in [-0.1, -0.05) is 25.0 Å². The van der Waals surface area contributed by atoms with Crippen molar-refractivity contribution in [3.8, 4) is 0 Å². The third-order valence-electron chi connectivity index (χ3n) is 7.01. The molecule has 1 aliphatic heterocycles. The van der Waals surface area contributed by atoms with E-state index in [0.717, 1.165) is 37.5 Å². The fraction of sp³-hybridized carbons (Fsp3) is 0.652. The van der Waals surface area contributed by atoms with E-state index >= 15 is 0 Å². The molecule has 1 saturated heterocycles. The summed E-state index contributed by atoms with van der Waals surface area (Å²) in [6, 6.07) is 8.27. The van der Waals surface area contributed by atoms with Crippen molar-refractivity contribution in [1.29, 1.82) is 0 Å². The number of benzene rings is 1. The number of nitrogens with one attached hydrogen (secondary N) is 3. The van der Waals surface area contributed by atoms with Crippen LogP contribution in [0.25, 0.3) is 0 Å². The fourth-order valence-electron chi connectivity index (χ4n) is 5.68. The van der Waals surface area contributed by atoms with Gasteiger partial charge in [0.15, 0.2) is 5.96 Å². The highest BCUT2D eigenvalue weighted by molar-refractivity contribution is 5.94. The molecule has 3 fully saturated rings. The van der Waals surface area contributed by atoms with Crippen LogP contribution >= 0.6 is 0 Å². The number of fused-ring (bicyclic) bond motifs is 2. The van der Waals surface area contributed by atoms with E-state index in [2.05, 4.69) is 28.9 Å². The molecule has 158 valence electrons. The summed E-state index contributed by atoms with van der Waals surface area (Å²) in [4.78, 5) is 16.7. The molecule has 0 bridgehead atoms. The molecule has 3 aliphatic rings. The van der Waals surface area contributed by atoms with Crippen LogP contribution in [0.3, 0.4) is 0 Å². The lowest BCUT2D eigenvalue weighted by Crippen LogP contribution is -2.69. The van der Waals surface area contributed by atoms with Crippen LogP contribution in [-0.4, -0.2) is 50.8 Å². The first-order valence-corrected chi connectivity index (χ1v) is 11.2. The SMILES string of the molecule is CCNC(=NCCc1cccc(C(=O)NC)c1)NC1C2CCOC2C12CCCC2. The number of carbonyl (C=O) groups excluding carboxylic acids is 1. The van der Waals surface area contributed by atoms with Gasteiger partial charge in [-0.15, -0.1) is 0 Å². The number of nitrogens with zero attached hydrogens (tertiary/aromatic N) is 1. The molecule has 1 spiro atoms. The molecule has 1 aromatic rings. The molecule has 0 aromatic heterocycles. The molecular formula is C23H34N4O2. The summed E-state index contributed by atoms with van der Waals surface area (Å²) < 4.78 is 6.11. The van der Waals surface area contributed by atoms with Gasteiger partial charge in [0.25, 0.3) is 5.91 Å². The first kappa shape index (κ1) is 20.2. The van der Waals surface area contributed by atoms with Gasteiger partial charge in [-0.3, -0.25) is 9.79 Å². The number of ether oxygens (including phenoxy) is 1. The average Bonchev–Trinajstić information content (AvgIpc) is 3.40. The lowest BCUT2D eigenvalue weighted by atomic mass is 9.54. The Bertz CT molecular complexity index is 757. The van der Waals surface area contributed by atoms with E-state index < -0.39 is 0 Å². The van der Waals surface area contributed by atoms with Gasteiger partial charge >= 0.3 is 0 Å². The molecule has 1 amide bonds. The number of amides is 1. The number of carbonyl (C=O) groups is 1. The highest BCUT2D eigenvalue weighted by Crippen LogP contribution is 2.60. The number of aliphatic imine (C=N–C) groups is 1. The van der Waals surface area contributed by atoms with Gasteiger partial charge in [0.2, 0.25) is 0 Å². The molecule has 6 nitrogen and oxygen atoms in total. The van der Waals surface area contributed by atoms with Crippen molar-refractivity contribution in [1.82, 2.24) is 16.0 Å². The van der Waals surface area contributed by atoms with E-state index in [4.69, 9.17) is 9.73 Å². The Morgan fingerprint density at radius 2 is 2.14 bits per heavy atom. The maximum atomic E-state index is 11.8. The van der Waals surface area contributed by atoms with Crippen molar-refractivity contribution < 1.29 is 9.53 Å². The number of guanidine groups is 1. The maximum Gasteiger partial charge on any atom is 0.251 e. The van der Waals surface area contributed by atoms with Crippen molar-refractivity contribution in [3.63, 3.8) is 0 Å². The molecule has 2 saturated carbocycles. The molecule has 1 aromatic carbocycles. The molecule has 3 N–H and O–H groups in total. The quantitative estimate of drug-likeness (QED) is 0.508. The van der Waals surface area contributed by atoms with Crippen LogP contribution in [0.4, 0.5) is 0 Å². The van der Waals surface area contributed by atoms with Crippen molar-refractivity contribution in [2.24, 2.45) is 16.3 Å². The molecule has 0 radical (unpaired) electrons. The van der Waals surface area contributed by atoms with Gasteiger partial charge in [-0.2, -0.15) is 0 Å². The zero-order valence-electron chi connectivity index (χ0n) is 17.7. The molecule has 3 atom stereocenters. The molecule has 3 unspecified atom stereocenters. The highest BCUT2D eigenvalue weighted by Gasteiger charge is 2.65. The fourth-order valence-corrected chi connectivity index (χ4v) is 5.68. The summed E-state index contributed by atoms with van der Waals surface area (Å²) in [6.45, 7) is 4.56. The summed E-state index contributed by atoms with van der Waals surface area (Å²) in [7, 11) is 1.66. The maximum absolute atomic E-state index is 11.8. The summed E-state index contributed by atoms with van der Waals surface area (Å²) >= 11 is 0. The minimum atomic E-state index is -0.0504. The van der Waals surface area contributed by atoms with Gasteiger partial charge in [-0.25, -0.2) is 0 Å². The topological polar surface area (TPSA) is 74.8 Å². The van der Waals surface area contributed by atoms with Crippen molar-refractivity contribution in [3.05, 3.63) is 35.4 Å². The second-order valence-corrected chi connectivity index (χ2v) is 8.60. The first-order valence-electron chi connectivity index (χ1n) is 11.2. The normalized spacial score (nSPS) is 27.4. The summed E-state index contributed by atoms with van der Waals surface area (Å²) in [5.74, 6) is 1.49. The molecule has 29 heavy (non-hydrogen) atoms. The highest BCUT2D eigenvalue weighted by atomic mass is 16.5. The third-order valence-corrected chi connectivity index (χ3v) is 7.01. The van der Waals surface area contributed by atoms with E-state index in [1.165, 1.54) is 25.7 Å². The van der Waals surface area contributed by atoms with Crippen LogP contribution in [0.2, 0.25) is 0 Å². The van der Waals surface area contributed by atoms with E-state index in [1.54, 1.807) is 7.05 Å². The van der Waals surface area contributed by atoms with Crippen LogP contribution in [0.5, 0.6) is 0 Å². The van der Waals surface area contributed by atoms with E-state index in [-0.39, 0.29) is 5.91 Å². The van der Waals surface area contributed by atoms with Gasteiger partial charge in [0.05, 0.1) is 6.10 Å². The molecule has 2 aliphatic carbocycles. The van der Waals surface area contributed by atoms with Gasteiger partial charge < -0.3 is 20.7 Å². The van der Waals surface area contributed by atoms with Crippen LogP contribution in [0.1, 0.15) is 54.9 Å². The lowest BCUT2D eigenvalue weighted by Gasteiger charge is -2.57. The smallest absolute Gasteiger partial charge is 0.251 e. The molecular weight excluding hydrogens is 364 g/mol. The second kappa shape index (κ2) is 8.74. The van der Waals surface area contributed by atoms with E-state index in [9.17, 15) is 4.79 Å². The van der Waals surface area contributed by atoms with Crippen LogP contribution < -0.4 is 16.0 Å². The van der Waals surface area contributed by atoms with Gasteiger partial charge in [0.1, 0.15) is 0 Å². The summed E-state index contributed by atoms with van der Waals surface area (Å²) in [6.07, 6.45) is 7.62. The third kappa shape index (κ3) is 3.87. The minimum Gasteiger partial charge on any atom is -0.377 e. The Hall–Kier alpha value is -2.08. The Morgan fingerprint density at radius 1 is 1.31 bits per heavy atom. The standard InChI is InChI=1S/C23H34N4O2/c1-3-25-22(26-13-9-16-7-6-8-17(15-16)21(28)24-2)27-19-18-10-14-29-20(18)23(19)11-4-5-12-23/h6-8,15,18-20H,3-5,9-14H2,1-2H3,(H,24,28)(H2,25,26,27). The Labute approximate surface area is 173 Å². The predicted molar refractivity (Wildman–Crippen MR) is 115 cm³/mol. The molecule has 1 heterocycles. The Morgan fingerprint density at radius 3 is 2.90 bits per heavy atom. The molecule has 4 rings (SSSR count). The van der Waals surface area contributed by atoms with Crippen molar-refractivity contribution in [2.75, 3.05) is 26.7 Å². The first-order chi connectivity index (χ1) is 14.2. The predicted octanol–water partition coefficient (Wildman–Crippen LogP) is 2.49. The van der Waals surface area contributed by atoms with Crippen LogP contribution in [-0.2, 0) is 11.2 Å². The minimum absolute atomic E-state index is 0.0504. The number of hydrogen-bond acceptors (Lipinski definition) is 3. The Kier molecular flexibility index (Phi) is 6.09. The zero-order valence-corrected chi connectivity index (χ0v) is 17.7. The summed E-state index contributed by atoms with van der Waals surface area (Å²) in [5.41, 5.74) is 2.15. The molecule has 6 heteroatoms. The monoisotopic (exact) mass is 398 g/mol. The average molecular weight is 399 g/mol. The van der Waals surface area contributed by atoms with E-state index in [0.29, 0.717) is 35.6 Å². The van der Waals surface area contributed by atoms with Gasteiger partial charge in [0, 0.05) is 49.7 Å². The number of rotatable bonds is 6.